The number of carbonyl (C=O) groups is 1. The van der Waals surface area contributed by atoms with Crippen LogP contribution < -0.4 is 9.92 Å². The van der Waals surface area contributed by atoms with E-state index in [-0.39, 0.29) is 28.1 Å². The number of nitrogens with two attached hydrogens (primary N) is 1. The highest BCUT2D eigenvalue weighted by Crippen LogP contribution is 2.33. The second kappa shape index (κ2) is 6.65. The molecule has 0 aliphatic heterocycles. The number of nitrogen functional groups attached to an aromatic ring is 1. The summed E-state index contributed by atoms with van der Waals surface area (Å²) in [6.45, 7) is 3.51. The smallest absolute Gasteiger partial charge is 0.342 e. The Kier molecular flexibility index (Phi) is 4.68. The number of hydrogen-bond donors (Lipinski definition) is 1. The summed E-state index contributed by atoms with van der Waals surface area (Å²) in [5, 5.41) is 0.288. The lowest BCUT2D eigenvalue weighted by Gasteiger charge is -2.08. The zero-order chi connectivity index (χ0) is 19.1. The van der Waals surface area contributed by atoms with E-state index in [1.54, 1.807) is 13.8 Å². The first-order valence-corrected chi connectivity index (χ1v) is 9.85. The third-order valence-corrected chi connectivity index (χ3v) is 5.84. The summed E-state index contributed by atoms with van der Waals surface area (Å²) in [5.41, 5.74) is 6.48. The van der Waals surface area contributed by atoms with Crippen molar-refractivity contribution in [3.05, 3.63) is 47.2 Å². The van der Waals surface area contributed by atoms with E-state index in [1.807, 2.05) is 0 Å². The van der Waals surface area contributed by atoms with Crippen molar-refractivity contribution in [2.45, 2.75) is 18.7 Å². The summed E-state index contributed by atoms with van der Waals surface area (Å²) in [4.78, 5) is 15.8. The van der Waals surface area contributed by atoms with Crippen LogP contribution in [0.1, 0.15) is 23.6 Å². The van der Waals surface area contributed by atoms with E-state index in [9.17, 15) is 17.6 Å². The number of carbonyl (C=O) groups excluding carboxylic acids is 1. The van der Waals surface area contributed by atoms with Crippen molar-refractivity contribution in [3.8, 4) is 5.75 Å². The minimum absolute atomic E-state index is 0.0783. The molecule has 9 heteroatoms. The Morgan fingerprint density at radius 3 is 2.62 bits per heavy atom. The fraction of sp³-hybridized carbons (Fsp3) is 0.176. The maximum absolute atomic E-state index is 13.8. The van der Waals surface area contributed by atoms with Gasteiger partial charge in [0.25, 0.3) is 0 Å². The van der Waals surface area contributed by atoms with E-state index >= 15 is 0 Å². The molecule has 26 heavy (non-hydrogen) atoms. The van der Waals surface area contributed by atoms with Gasteiger partial charge in [0.05, 0.1) is 10.4 Å². The first-order chi connectivity index (χ1) is 12.2. The molecule has 1 aromatic heterocycles. The molecule has 0 aliphatic carbocycles. The van der Waals surface area contributed by atoms with E-state index in [4.69, 9.17) is 9.92 Å². The summed E-state index contributed by atoms with van der Waals surface area (Å²) in [6.07, 6.45) is 0. The molecule has 2 aromatic carbocycles. The zero-order valence-corrected chi connectivity index (χ0v) is 15.5. The van der Waals surface area contributed by atoms with Gasteiger partial charge in [0.15, 0.2) is 10.8 Å². The van der Waals surface area contributed by atoms with Crippen LogP contribution in [0.2, 0.25) is 0 Å². The molecule has 0 aliphatic rings. The van der Waals surface area contributed by atoms with Crippen LogP contribution in [0.5, 0.6) is 5.75 Å². The van der Waals surface area contributed by atoms with Gasteiger partial charge in [-0.05, 0) is 12.1 Å². The second-order valence-corrected chi connectivity index (χ2v) is 8.41. The van der Waals surface area contributed by atoms with Crippen molar-refractivity contribution < 1.29 is 21.8 Å². The highest BCUT2D eigenvalue weighted by molar-refractivity contribution is 7.87. The molecule has 1 heterocycles. The first kappa shape index (κ1) is 18.3. The van der Waals surface area contributed by atoms with Gasteiger partial charge in [0.1, 0.15) is 22.0 Å². The lowest BCUT2D eigenvalue weighted by atomic mass is 10.1. The standard InChI is InChI=1S/C17H15FN2O4S2/c1-9(2)16(21)17-20-15-12(19)7-10(8-13(15)25-17)24-26(22,23)14-6-4-3-5-11(14)18/h3-9H,19H2,1-2H3. The fourth-order valence-electron chi connectivity index (χ4n) is 2.25. The summed E-state index contributed by atoms with van der Waals surface area (Å²) in [5.74, 6) is -1.35. The Morgan fingerprint density at radius 2 is 1.96 bits per heavy atom. The molecule has 0 saturated heterocycles. The third kappa shape index (κ3) is 3.40. The molecular weight excluding hydrogens is 379 g/mol. The van der Waals surface area contributed by atoms with Gasteiger partial charge in [0.2, 0.25) is 0 Å². The van der Waals surface area contributed by atoms with Crippen molar-refractivity contribution in [1.82, 2.24) is 4.98 Å². The number of rotatable bonds is 5. The van der Waals surface area contributed by atoms with Crippen molar-refractivity contribution in [2.75, 3.05) is 5.73 Å². The quantitative estimate of drug-likeness (QED) is 0.403. The highest BCUT2D eigenvalue weighted by Gasteiger charge is 2.23. The Bertz CT molecular complexity index is 1110. The normalized spacial score (nSPS) is 11.8. The van der Waals surface area contributed by atoms with Gasteiger partial charge in [-0.2, -0.15) is 8.42 Å². The topological polar surface area (TPSA) is 99.3 Å². The van der Waals surface area contributed by atoms with Crippen LogP contribution in [0.4, 0.5) is 10.1 Å². The number of thiazole rings is 1. The fourth-order valence-corrected chi connectivity index (χ4v) is 4.36. The maximum atomic E-state index is 13.8. The number of halogens is 1. The predicted molar refractivity (Wildman–Crippen MR) is 97.4 cm³/mol. The second-order valence-electron chi connectivity index (χ2n) is 5.87. The molecule has 136 valence electrons. The van der Waals surface area contributed by atoms with Gasteiger partial charge in [-0.15, -0.1) is 11.3 Å². The highest BCUT2D eigenvalue weighted by atomic mass is 32.2. The largest absolute Gasteiger partial charge is 0.397 e. The molecular formula is C17H15FN2O4S2. The summed E-state index contributed by atoms with van der Waals surface area (Å²) < 4.78 is 43.9. The number of hydrogen-bond acceptors (Lipinski definition) is 7. The van der Waals surface area contributed by atoms with Crippen LogP contribution in [0.3, 0.4) is 0 Å². The van der Waals surface area contributed by atoms with Crippen LogP contribution in [0, 0.1) is 11.7 Å². The van der Waals surface area contributed by atoms with E-state index in [2.05, 4.69) is 4.98 Å². The zero-order valence-electron chi connectivity index (χ0n) is 13.9. The third-order valence-electron chi connectivity index (χ3n) is 3.55. The molecule has 0 unspecified atom stereocenters. The minimum Gasteiger partial charge on any atom is -0.397 e. The summed E-state index contributed by atoms with van der Waals surface area (Å²) in [7, 11) is -4.37. The van der Waals surface area contributed by atoms with Gasteiger partial charge >= 0.3 is 10.1 Å². The monoisotopic (exact) mass is 394 g/mol. The average Bonchev–Trinajstić information content (AvgIpc) is 2.98. The summed E-state index contributed by atoms with van der Waals surface area (Å²) >= 11 is 1.10. The van der Waals surface area contributed by atoms with Gasteiger partial charge in [-0.1, -0.05) is 26.0 Å². The van der Waals surface area contributed by atoms with Crippen molar-refractivity contribution >= 4 is 43.1 Å². The van der Waals surface area contributed by atoms with E-state index in [0.717, 1.165) is 23.5 Å². The van der Waals surface area contributed by atoms with E-state index in [1.165, 1.54) is 24.3 Å². The summed E-state index contributed by atoms with van der Waals surface area (Å²) in [6, 6.07) is 7.61. The Balaban J connectivity index is 2.01. The molecule has 3 aromatic rings. The molecule has 0 fully saturated rings. The van der Waals surface area contributed by atoms with Crippen molar-refractivity contribution in [3.63, 3.8) is 0 Å². The number of ketones is 1. The number of nitrogens with zero attached hydrogens (tertiary/aromatic N) is 1. The molecule has 2 N–H and O–H groups in total. The van der Waals surface area contributed by atoms with Gasteiger partial charge < -0.3 is 9.92 Å². The Morgan fingerprint density at radius 1 is 1.27 bits per heavy atom. The van der Waals surface area contributed by atoms with Crippen LogP contribution in [0.15, 0.2) is 41.3 Å². The van der Waals surface area contributed by atoms with Crippen molar-refractivity contribution in [1.29, 1.82) is 0 Å². The Labute approximate surface area is 153 Å². The molecule has 0 radical (unpaired) electrons. The maximum Gasteiger partial charge on any atom is 0.342 e. The number of anilines is 1. The van der Waals surface area contributed by atoms with E-state index in [0.29, 0.717) is 10.2 Å². The molecule has 0 atom stereocenters. The lowest BCUT2D eigenvalue weighted by Crippen LogP contribution is -2.11. The van der Waals surface area contributed by atoms with Crippen molar-refractivity contribution in [2.24, 2.45) is 5.92 Å². The van der Waals surface area contributed by atoms with Crippen LogP contribution in [0.25, 0.3) is 10.2 Å². The molecule has 3 rings (SSSR count). The number of benzene rings is 2. The average molecular weight is 394 g/mol. The lowest BCUT2D eigenvalue weighted by molar-refractivity contribution is 0.0939. The molecule has 0 bridgehead atoms. The van der Waals surface area contributed by atoms with E-state index < -0.39 is 20.8 Å². The molecule has 6 nitrogen and oxygen atoms in total. The minimum atomic E-state index is -4.37. The van der Waals surface area contributed by atoms with Gasteiger partial charge in [-0.3, -0.25) is 4.79 Å². The number of aromatic nitrogens is 1. The SMILES string of the molecule is CC(C)C(=O)c1nc2c(N)cc(OS(=O)(=O)c3ccccc3F)cc2s1. The predicted octanol–water partition coefficient (Wildman–Crippen LogP) is 3.62. The first-order valence-electron chi connectivity index (χ1n) is 7.62. The van der Waals surface area contributed by atoms with Crippen LogP contribution >= 0.6 is 11.3 Å². The molecule has 0 spiro atoms. The van der Waals surface area contributed by atoms with Crippen LogP contribution in [-0.2, 0) is 10.1 Å². The number of Topliss-reactive ketones (excluding diaryl/α,β-unsaturated/α-hetero) is 1. The van der Waals surface area contributed by atoms with Crippen LogP contribution in [-0.4, -0.2) is 19.2 Å². The van der Waals surface area contributed by atoms with Gasteiger partial charge in [0, 0.05) is 18.1 Å². The number of fused-ring (bicyclic) bond motifs is 1. The van der Waals surface area contributed by atoms with Gasteiger partial charge in [-0.25, -0.2) is 9.37 Å². The Hall–Kier alpha value is -2.52. The molecule has 0 amide bonds. The molecule has 0 saturated carbocycles.